The van der Waals surface area contributed by atoms with Gasteiger partial charge in [0.1, 0.15) is 11.5 Å². The van der Waals surface area contributed by atoms with E-state index in [1.165, 1.54) is 23.5 Å². The molecule has 0 spiro atoms. The van der Waals surface area contributed by atoms with Crippen molar-refractivity contribution in [2.75, 3.05) is 31.2 Å². The summed E-state index contributed by atoms with van der Waals surface area (Å²) >= 11 is 1.35. The van der Waals surface area contributed by atoms with Crippen LogP contribution in [-0.4, -0.2) is 43.1 Å². The van der Waals surface area contributed by atoms with E-state index >= 15 is 0 Å². The third-order valence-corrected chi connectivity index (χ3v) is 4.63. The molecule has 0 unspecified atom stereocenters. The van der Waals surface area contributed by atoms with Crippen LogP contribution in [0.15, 0.2) is 23.6 Å². The lowest BCUT2D eigenvalue weighted by Crippen LogP contribution is -2.42. The zero-order valence-corrected chi connectivity index (χ0v) is 14.4. The summed E-state index contributed by atoms with van der Waals surface area (Å²) in [6, 6.07) is 4.11. The number of aromatic nitrogens is 1. The highest BCUT2D eigenvalue weighted by molar-refractivity contribution is 7.13. The summed E-state index contributed by atoms with van der Waals surface area (Å²) < 4.78 is 18.8. The molecule has 0 saturated carbocycles. The molecule has 2 N–H and O–H groups in total. The van der Waals surface area contributed by atoms with E-state index < -0.39 is 17.6 Å². The average Bonchev–Trinajstić information content (AvgIpc) is 3.12. The number of nitrogens with one attached hydrogen (secondary N) is 2. The quantitative estimate of drug-likeness (QED) is 0.807. The molecule has 0 aliphatic carbocycles. The number of thiazole rings is 1. The van der Waals surface area contributed by atoms with Crippen LogP contribution in [0.4, 0.5) is 9.52 Å². The standard InChI is InChI=1S/C16H17FN4O3S/c1-10-2-3-11(8-12(10)17)14(22)19-20-15(23)13-9-25-16(18-13)21-4-6-24-7-5-21/h2-3,8-9H,4-7H2,1H3,(H,19,22)(H,20,23). The van der Waals surface area contributed by atoms with Gasteiger partial charge in [-0.15, -0.1) is 11.3 Å². The lowest BCUT2D eigenvalue weighted by atomic mass is 10.1. The van der Waals surface area contributed by atoms with Crippen molar-refractivity contribution in [2.45, 2.75) is 6.92 Å². The summed E-state index contributed by atoms with van der Waals surface area (Å²) in [6.45, 7) is 4.32. The minimum atomic E-state index is -0.601. The van der Waals surface area contributed by atoms with Crippen LogP contribution in [0.5, 0.6) is 0 Å². The zero-order chi connectivity index (χ0) is 17.8. The van der Waals surface area contributed by atoms with Crippen LogP contribution in [0, 0.1) is 12.7 Å². The first-order valence-corrected chi connectivity index (χ1v) is 8.57. The number of amides is 2. The number of ether oxygens (including phenoxy) is 1. The number of halogens is 1. The van der Waals surface area contributed by atoms with Crippen molar-refractivity contribution in [2.24, 2.45) is 0 Å². The van der Waals surface area contributed by atoms with E-state index in [0.29, 0.717) is 18.8 Å². The molecule has 1 saturated heterocycles. The maximum absolute atomic E-state index is 13.5. The lowest BCUT2D eigenvalue weighted by Gasteiger charge is -2.25. The van der Waals surface area contributed by atoms with Gasteiger partial charge in [0.25, 0.3) is 11.8 Å². The Bertz CT molecular complexity index is 789. The molecule has 7 nitrogen and oxygen atoms in total. The normalized spacial score (nSPS) is 14.2. The zero-order valence-electron chi connectivity index (χ0n) is 13.5. The van der Waals surface area contributed by atoms with Gasteiger partial charge in [-0.3, -0.25) is 20.4 Å². The first kappa shape index (κ1) is 17.3. The Hall–Kier alpha value is -2.52. The van der Waals surface area contributed by atoms with E-state index in [1.54, 1.807) is 12.3 Å². The third-order valence-electron chi connectivity index (χ3n) is 3.73. The van der Waals surface area contributed by atoms with E-state index in [4.69, 9.17) is 4.74 Å². The van der Waals surface area contributed by atoms with Gasteiger partial charge in [-0.2, -0.15) is 0 Å². The van der Waals surface area contributed by atoms with Crippen molar-refractivity contribution in [3.05, 3.63) is 46.2 Å². The highest BCUT2D eigenvalue weighted by Crippen LogP contribution is 2.21. The number of morpholine rings is 1. The number of carbonyl (C=O) groups is 2. The number of carbonyl (C=O) groups excluding carboxylic acids is 2. The summed E-state index contributed by atoms with van der Waals surface area (Å²) in [6.07, 6.45) is 0. The van der Waals surface area contributed by atoms with Crippen molar-refractivity contribution in [1.29, 1.82) is 0 Å². The molecule has 1 aromatic heterocycles. The van der Waals surface area contributed by atoms with E-state index in [0.717, 1.165) is 24.3 Å². The number of anilines is 1. The molecule has 1 aliphatic rings. The Morgan fingerprint density at radius 3 is 2.68 bits per heavy atom. The van der Waals surface area contributed by atoms with E-state index in [2.05, 4.69) is 15.8 Å². The molecule has 1 aromatic carbocycles. The first-order chi connectivity index (χ1) is 12.0. The summed E-state index contributed by atoms with van der Waals surface area (Å²) in [5.41, 5.74) is 5.32. The summed E-state index contributed by atoms with van der Waals surface area (Å²) in [5, 5.41) is 2.36. The van der Waals surface area contributed by atoms with E-state index in [9.17, 15) is 14.0 Å². The molecular weight excluding hydrogens is 347 g/mol. The molecule has 0 atom stereocenters. The second kappa shape index (κ2) is 7.58. The maximum atomic E-state index is 13.5. The van der Waals surface area contributed by atoms with Crippen molar-refractivity contribution >= 4 is 28.3 Å². The average molecular weight is 364 g/mol. The van der Waals surface area contributed by atoms with Crippen LogP contribution >= 0.6 is 11.3 Å². The van der Waals surface area contributed by atoms with E-state index in [-0.39, 0.29) is 11.3 Å². The van der Waals surface area contributed by atoms with Crippen molar-refractivity contribution in [1.82, 2.24) is 15.8 Å². The Morgan fingerprint density at radius 2 is 1.96 bits per heavy atom. The molecule has 2 aromatic rings. The van der Waals surface area contributed by atoms with Crippen molar-refractivity contribution < 1.29 is 18.7 Å². The fourth-order valence-corrected chi connectivity index (χ4v) is 3.11. The molecule has 1 aliphatic heterocycles. The predicted molar refractivity (Wildman–Crippen MR) is 91.2 cm³/mol. The highest BCUT2D eigenvalue weighted by Gasteiger charge is 2.18. The highest BCUT2D eigenvalue weighted by atomic mass is 32.1. The Balaban J connectivity index is 1.57. The van der Waals surface area contributed by atoms with Crippen LogP contribution < -0.4 is 15.8 Å². The number of rotatable bonds is 3. The minimum Gasteiger partial charge on any atom is -0.378 e. The topological polar surface area (TPSA) is 83.6 Å². The molecule has 25 heavy (non-hydrogen) atoms. The number of hydrazine groups is 1. The summed E-state index contributed by atoms with van der Waals surface area (Å²) in [4.78, 5) is 30.4. The fourth-order valence-electron chi connectivity index (χ4n) is 2.25. The maximum Gasteiger partial charge on any atom is 0.289 e. The molecule has 0 radical (unpaired) electrons. The molecule has 2 amide bonds. The van der Waals surface area contributed by atoms with Crippen LogP contribution in [-0.2, 0) is 4.74 Å². The van der Waals surface area contributed by atoms with Gasteiger partial charge in [-0.25, -0.2) is 9.37 Å². The van der Waals surface area contributed by atoms with Crippen LogP contribution in [0.2, 0.25) is 0 Å². The Kier molecular flexibility index (Phi) is 5.25. The minimum absolute atomic E-state index is 0.121. The van der Waals surface area contributed by atoms with Gasteiger partial charge < -0.3 is 9.64 Å². The van der Waals surface area contributed by atoms with Gasteiger partial charge in [0, 0.05) is 24.0 Å². The van der Waals surface area contributed by atoms with Crippen molar-refractivity contribution in [3.8, 4) is 0 Å². The molecule has 9 heteroatoms. The molecular formula is C16H17FN4O3S. The number of aryl methyl sites for hydroxylation is 1. The smallest absolute Gasteiger partial charge is 0.289 e. The van der Waals surface area contributed by atoms with E-state index in [1.807, 2.05) is 4.90 Å². The number of nitrogens with zero attached hydrogens (tertiary/aromatic N) is 2. The SMILES string of the molecule is Cc1ccc(C(=O)NNC(=O)c2csc(N3CCOCC3)n2)cc1F. The molecule has 3 rings (SSSR count). The predicted octanol–water partition coefficient (Wildman–Crippen LogP) is 1.50. The monoisotopic (exact) mass is 364 g/mol. The van der Waals surface area contributed by atoms with Gasteiger partial charge in [-0.1, -0.05) is 6.07 Å². The molecule has 2 heterocycles. The van der Waals surface area contributed by atoms with Gasteiger partial charge in [0.05, 0.1) is 13.2 Å². The largest absolute Gasteiger partial charge is 0.378 e. The number of hydrogen-bond acceptors (Lipinski definition) is 6. The van der Waals surface area contributed by atoms with Crippen molar-refractivity contribution in [3.63, 3.8) is 0 Å². The van der Waals surface area contributed by atoms with Gasteiger partial charge in [0.2, 0.25) is 0 Å². The molecule has 1 fully saturated rings. The van der Waals surface area contributed by atoms with Gasteiger partial charge >= 0.3 is 0 Å². The summed E-state index contributed by atoms with van der Waals surface area (Å²) in [7, 11) is 0. The summed E-state index contributed by atoms with van der Waals surface area (Å²) in [5.74, 6) is -1.61. The molecule has 132 valence electrons. The van der Waals surface area contributed by atoms with Crippen LogP contribution in [0.3, 0.4) is 0 Å². The number of hydrogen-bond donors (Lipinski definition) is 2. The Labute approximate surface area is 147 Å². The third kappa shape index (κ3) is 4.12. The first-order valence-electron chi connectivity index (χ1n) is 7.69. The molecule has 0 bridgehead atoms. The lowest BCUT2D eigenvalue weighted by molar-refractivity contribution is 0.0844. The number of benzene rings is 1. The van der Waals surface area contributed by atoms with Gasteiger partial charge in [0.15, 0.2) is 5.13 Å². The second-order valence-electron chi connectivity index (χ2n) is 5.49. The van der Waals surface area contributed by atoms with Crippen LogP contribution in [0.25, 0.3) is 0 Å². The van der Waals surface area contributed by atoms with Crippen LogP contribution in [0.1, 0.15) is 26.4 Å². The second-order valence-corrected chi connectivity index (χ2v) is 6.32. The fraction of sp³-hybridized carbons (Fsp3) is 0.312. The van der Waals surface area contributed by atoms with Gasteiger partial charge in [-0.05, 0) is 24.6 Å². The Morgan fingerprint density at radius 1 is 1.24 bits per heavy atom.